The fourth-order valence-electron chi connectivity index (χ4n) is 1.58. The van der Waals surface area contributed by atoms with Gasteiger partial charge in [-0.25, -0.2) is 9.18 Å². The van der Waals surface area contributed by atoms with E-state index in [-0.39, 0.29) is 11.1 Å². The van der Waals surface area contributed by atoms with Crippen molar-refractivity contribution in [3.63, 3.8) is 0 Å². The van der Waals surface area contributed by atoms with Gasteiger partial charge in [0, 0.05) is 16.2 Å². The van der Waals surface area contributed by atoms with Crippen LogP contribution in [-0.4, -0.2) is 11.1 Å². The molecule has 1 N–H and O–H groups in total. The topological polar surface area (TPSA) is 37.3 Å². The van der Waals surface area contributed by atoms with Gasteiger partial charge in [0.15, 0.2) is 0 Å². The van der Waals surface area contributed by atoms with Gasteiger partial charge in [-0.3, -0.25) is 0 Å². The van der Waals surface area contributed by atoms with Crippen molar-refractivity contribution < 1.29 is 14.3 Å². The van der Waals surface area contributed by atoms with Crippen LogP contribution in [0.5, 0.6) is 0 Å². The molecule has 0 aromatic heterocycles. The third-order valence-electron chi connectivity index (χ3n) is 2.48. The molecule has 0 saturated carbocycles. The Labute approximate surface area is 108 Å². The minimum absolute atomic E-state index is 0.0263. The summed E-state index contributed by atoms with van der Waals surface area (Å²) in [6.45, 7) is 0. The number of carboxylic acid groups (broad SMARTS) is 1. The number of carboxylic acids is 1. The quantitative estimate of drug-likeness (QED) is 0.851. The monoisotopic (exact) mass is 262 g/mol. The second kappa shape index (κ2) is 5.69. The average molecular weight is 262 g/mol. The molecule has 0 saturated heterocycles. The molecule has 92 valence electrons. The second-order valence-electron chi connectivity index (χ2n) is 3.67. The number of hydrogen-bond acceptors (Lipinski definition) is 2. The van der Waals surface area contributed by atoms with E-state index >= 15 is 0 Å². The first-order valence-corrected chi connectivity index (χ1v) is 6.35. The van der Waals surface area contributed by atoms with Gasteiger partial charge < -0.3 is 5.11 Å². The number of rotatable bonds is 4. The van der Waals surface area contributed by atoms with Gasteiger partial charge in [-0.1, -0.05) is 24.3 Å². The van der Waals surface area contributed by atoms with Crippen molar-refractivity contribution in [1.29, 1.82) is 0 Å². The number of hydrogen-bond donors (Lipinski definition) is 1. The summed E-state index contributed by atoms with van der Waals surface area (Å²) in [5.41, 5.74) is 0.261. The van der Waals surface area contributed by atoms with E-state index in [0.717, 1.165) is 4.90 Å². The Balaban J connectivity index is 2.21. The van der Waals surface area contributed by atoms with E-state index in [1.54, 1.807) is 0 Å². The van der Waals surface area contributed by atoms with Crippen molar-refractivity contribution in [2.45, 2.75) is 10.6 Å². The highest BCUT2D eigenvalue weighted by Crippen LogP contribution is 2.25. The normalized spacial score (nSPS) is 10.3. The predicted octanol–water partition coefficient (Wildman–Crippen LogP) is 3.82. The molecule has 0 atom stereocenters. The molecule has 0 aliphatic rings. The zero-order chi connectivity index (χ0) is 13.0. The van der Waals surface area contributed by atoms with Gasteiger partial charge in [0.05, 0.1) is 5.56 Å². The van der Waals surface area contributed by atoms with Crippen LogP contribution in [0.4, 0.5) is 4.39 Å². The summed E-state index contributed by atoms with van der Waals surface area (Å²) in [5.74, 6) is -1.27. The Kier molecular flexibility index (Phi) is 3.99. The van der Waals surface area contributed by atoms with Crippen LogP contribution in [0.25, 0.3) is 0 Å². The fraction of sp³-hybridized carbons (Fsp3) is 0.0714. The van der Waals surface area contributed by atoms with Gasteiger partial charge in [0.1, 0.15) is 5.82 Å². The van der Waals surface area contributed by atoms with Crippen molar-refractivity contribution in [1.82, 2.24) is 0 Å². The Morgan fingerprint density at radius 1 is 1.11 bits per heavy atom. The first kappa shape index (κ1) is 12.6. The molecular formula is C14H11FO2S. The lowest BCUT2D eigenvalue weighted by Gasteiger charge is -2.07. The molecule has 2 aromatic carbocycles. The summed E-state index contributed by atoms with van der Waals surface area (Å²) < 4.78 is 13.6. The Bertz CT molecular complexity index is 555. The molecule has 4 heteroatoms. The van der Waals surface area contributed by atoms with Gasteiger partial charge in [-0.2, -0.15) is 0 Å². The molecule has 18 heavy (non-hydrogen) atoms. The number of halogens is 1. The van der Waals surface area contributed by atoms with Gasteiger partial charge in [0.25, 0.3) is 0 Å². The minimum Gasteiger partial charge on any atom is -0.478 e. The van der Waals surface area contributed by atoms with E-state index in [9.17, 15) is 9.18 Å². The van der Waals surface area contributed by atoms with Crippen molar-refractivity contribution in [2.75, 3.05) is 0 Å². The van der Waals surface area contributed by atoms with E-state index in [0.29, 0.717) is 5.75 Å². The van der Waals surface area contributed by atoms with E-state index in [1.165, 1.54) is 30.0 Å². The van der Waals surface area contributed by atoms with Crippen LogP contribution in [0.1, 0.15) is 15.9 Å². The number of aromatic carboxylic acids is 1. The maximum atomic E-state index is 13.6. The molecular weight excluding hydrogens is 251 g/mol. The van der Waals surface area contributed by atoms with Crippen LogP contribution < -0.4 is 0 Å². The number of carbonyl (C=O) groups is 1. The Hall–Kier alpha value is -1.81. The van der Waals surface area contributed by atoms with E-state index in [4.69, 9.17) is 5.11 Å². The van der Waals surface area contributed by atoms with Gasteiger partial charge in [-0.15, -0.1) is 11.8 Å². The van der Waals surface area contributed by atoms with E-state index in [1.807, 2.05) is 30.3 Å². The molecule has 0 amide bonds. The summed E-state index contributed by atoms with van der Waals surface area (Å²) in [5, 5.41) is 9.01. The highest BCUT2D eigenvalue weighted by molar-refractivity contribution is 7.98. The van der Waals surface area contributed by atoms with E-state index in [2.05, 4.69) is 0 Å². The first-order chi connectivity index (χ1) is 8.68. The number of thioether (sulfide) groups is 1. The van der Waals surface area contributed by atoms with Gasteiger partial charge in [0.2, 0.25) is 0 Å². The molecule has 0 fully saturated rings. The molecule has 0 aliphatic carbocycles. The third kappa shape index (κ3) is 2.90. The molecule has 2 rings (SSSR count). The maximum absolute atomic E-state index is 13.6. The molecule has 0 unspecified atom stereocenters. The highest BCUT2D eigenvalue weighted by Gasteiger charge is 2.14. The van der Waals surface area contributed by atoms with Gasteiger partial charge in [-0.05, 0) is 24.3 Å². The first-order valence-electron chi connectivity index (χ1n) is 5.37. The van der Waals surface area contributed by atoms with Crippen LogP contribution >= 0.6 is 11.8 Å². The van der Waals surface area contributed by atoms with Crippen LogP contribution in [-0.2, 0) is 5.75 Å². The summed E-state index contributed by atoms with van der Waals surface area (Å²) >= 11 is 1.42. The van der Waals surface area contributed by atoms with Gasteiger partial charge >= 0.3 is 5.97 Å². The molecule has 0 heterocycles. The fourth-order valence-corrected chi connectivity index (χ4v) is 2.53. The van der Waals surface area contributed by atoms with Crippen molar-refractivity contribution in [3.8, 4) is 0 Å². The minimum atomic E-state index is -1.10. The lowest BCUT2D eigenvalue weighted by atomic mass is 10.1. The third-order valence-corrected chi connectivity index (χ3v) is 3.51. The predicted molar refractivity (Wildman–Crippen MR) is 69.4 cm³/mol. The molecule has 2 nitrogen and oxygen atoms in total. The summed E-state index contributed by atoms with van der Waals surface area (Å²) in [4.78, 5) is 12.0. The summed E-state index contributed by atoms with van der Waals surface area (Å²) in [6.07, 6.45) is 0. The number of benzene rings is 2. The van der Waals surface area contributed by atoms with Crippen molar-refractivity contribution in [2.24, 2.45) is 0 Å². The van der Waals surface area contributed by atoms with Crippen molar-refractivity contribution in [3.05, 3.63) is 65.5 Å². The van der Waals surface area contributed by atoms with Crippen LogP contribution in [0.15, 0.2) is 53.4 Å². The lowest BCUT2D eigenvalue weighted by molar-refractivity contribution is 0.0695. The van der Waals surface area contributed by atoms with Crippen molar-refractivity contribution >= 4 is 17.7 Å². The maximum Gasteiger partial charge on any atom is 0.336 e. The Morgan fingerprint density at radius 3 is 2.50 bits per heavy atom. The lowest BCUT2D eigenvalue weighted by Crippen LogP contribution is -2.03. The van der Waals surface area contributed by atoms with Crippen LogP contribution in [0.2, 0.25) is 0 Å². The van der Waals surface area contributed by atoms with E-state index < -0.39 is 11.8 Å². The molecule has 0 spiro atoms. The Morgan fingerprint density at radius 2 is 1.83 bits per heavy atom. The SMILES string of the molecule is O=C(O)c1cccc(F)c1CSc1ccccc1. The van der Waals surface area contributed by atoms with Crippen LogP contribution in [0, 0.1) is 5.82 Å². The summed E-state index contributed by atoms with van der Waals surface area (Å²) in [6, 6.07) is 13.6. The molecule has 2 aromatic rings. The largest absolute Gasteiger partial charge is 0.478 e. The molecule has 0 bridgehead atoms. The highest BCUT2D eigenvalue weighted by atomic mass is 32.2. The summed E-state index contributed by atoms with van der Waals surface area (Å²) in [7, 11) is 0. The molecule has 0 aliphatic heterocycles. The zero-order valence-electron chi connectivity index (χ0n) is 9.47. The zero-order valence-corrected chi connectivity index (χ0v) is 10.3. The second-order valence-corrected chi connectivity index (χ2v) is 4.72. The standard InChI is InChI=1S/C14H11FO2S/c15-13-8-4-7-11(14(16)17)12(13)9-18-10-5-2-1-3-6-10/h1-8H,9H2,(H,16,17). The molecule has 0 radical (unpaired) electrons. The average Bonchev–Trinajstić information content (AvgIpc) is 2.38. The smallest absolute Gasteiger partial charge is 0.336 e. The van der Waals surface area contributed by atoms with Crippen LogP contribution in [0.3, 0.4) is 0 Å².